The van der Waals surface area contributed by atoms with E-state index in [0.717, 1.165) is 24.1 Å². The van der Waals surface area contributed by atoms with Crippen molar-refractivity contribution in [3.8, 4) is 6.07 Å². The van der Waals surface area contributed by atoms with Crippen LogP contribution in [0, 0.1) is 17.1 Å². The van der Waals surface area contributed by atoms with Gasteiger partial charge in [-0.1, -0.05) is 17.3 Å². The Kier molecular flexibility index (Phi) is 2.37. The van der Waals surface area contributed by atoms with Crippen LogP contribution in [0.4, 0.5) is 4.39 Å². The largest absolute Gasteiger partial charge is 0.232 e. The van der Waals surface area contributed by atoms with Crippen molar-refractivity contribution in [1.29, 1.82) is 5.26 Å². The van der Waals surface area contributed by atoms with Crippen LogP contribution in [0.25, 0.3) is 0 Å². The molecule has 0 amide bonds. The predicted molar refractivity (Wildman–Crippen MR) is 62.0 cm³/mol. The number of nitriles is 1. The predicted octanol–water partition coefficient (Wildman–Crippen LogP) is 2.02. The highest BCUT2D eigenvalue weighted by Crippen LogP contribution is 2.41. The van der Waals surface area contributed by atoms with Crippen molar-refractivity contribution in [3.05, 3.63) is 47.5 Å². The van der Waals surface area contributed by atoms with Crippen LogP contribution in [0.2, 0.25) is 0 Å². The molecule has 0 bridgehead atoms. The smallest absolute Gasteiger partial charge is 0.150 e. The lowest BCUT2D eigenvalue weighted by molar-refractivity contribution is 0.516. The average molecular weight is 242 g/mol. The first-order valence-electron chi connectivity index (χ1n) is 5.79. The maximum atomic E-state index is 12.8. The molecule has 1 saturated carbocycles. The molecule has 1 fully saturated rings. The molecule has 1 aliphatic carbocycles. The van der Waals surface area contributed by atoms with Crippen LogP contribution >= 0.6 is 0 Å². The topological polar surface area (TPSA) is 54.5 Å². The van der Waals surface area contributed by atoms with Gasteiger partial charge < -0.3 is 0 Å². The molecule has 1 aromatic heterocycles. The van der Waals surface area contributed by atoms with Crippen LogP contribution in [0.5, 0.6) is 0 Å². The summed E-state index contributed by atoms with van der Waals surface area (Å²) in [7, 11) is 0. The zero-order valence-electron chi connectivity index (χ0n) is 9.67. The van der Waals surface area contributed by atoms with Gasteiger partial charge in [0, 0.05) is 6.42 Å². The minimum Gasteiger partial charge on any atom is -0.232 e. The maximum absolute atomic E-state index is 12.8. The molecule has 0 aliphatic heterocycles. The summed E-state index contributed by atoms with van der Waals surface area (Å²) in [5, 5.41) is 17.1. The zero-order valence-corrected chi connectivity index (χ0v) is 9.67. The van der Waals surface area contributed by atoms with Gasteiger partial charge in [0.25, 0.3) is 0 Å². The Morgan fingerprint density at radius 1 is 1.33 bits per heavy atom. The van der Waals surface area contributed by atoms with E-state index in [1.165, 1.54) is 12.1 Å². The van der Waals surface area contributed by atoms with Crippen molar-refractivity contribution < 1.29 is 4.39 Å². The van der Waals surface area contributed by atoms with E-state index in [4.69, 9.17) is 5.26 Å². The van der Waals surface area contributed by atoms with Gasteiger partial charge in [-0.05, 0) is 30.5 Å². The Morgan fingerprint density at radius 2 is 2.06 bits per heavy atom. The molecule has 90 valence electrons. The quantitative estimate of drug-likeness (QED) is 0.827. The molecule has 2 aromatic rings. The highest BCUT2D eigenvalue weighted by Gasteiger charge is 2.46. The van der Waals surface area contributed by atoms with Crippen LogP contribution in [-0.2, 0) is 12.0 Å². The van der Waals surface area contributed by atoms with Crippen molar-refractivity contribution in [3.63, 3.8) is 0 Å². The number of hydrogen-bond acceptors (Lipinski definition) is 3. The van der Waals surface area contributed by atoms with Gasteiger partial charge in [-0.25, -0.2) is 9.07 Å². The summed E-state index contributed by atoms with van der Waals surface area (Å²) < 4.78 is 14.4. The summed E-state index contributed by atoms with van der Waals surface area (Å²) in [6.45, 7) is 0. The molecule has 0 atom stereocenters. The van der Waals surface area contributed by atoms with Gasteiger partial charge in [0.15, 0.2) is 5.54 Å². The van der Waals surface area contributed by atoms with E-state index >= 15 is 0 Å². The number of aromatic nitrogens is 3. The third-order valence-corrected chi connectivity index (χ3v) is 3.21. The average Bonchev–Trinajstić information content (AvgIpc) is 3.06. The molecule has 5 heteroatoms. The third kappa shape index (κ3) is 1.86. The molecule has 1 aliphatic rings. The molecular weight excluding hydrogens is 231 g/mol. The molecular formula is C13H11FN4. The maximum Gasteiger partial charge on any atom is 0.150 e. The molecule has 0 radical (unpaired) electrons. The highest BCUT2D eigenvalue weighted by atomic mass is 19.1. The van der Waals surface area contributed by atoms with Gasteiger partial charge in [0.1, 0.15) is 5.82 Å². The second kappa shape index (κ2) is 3.91. The number of benzene rings is 1. The normalized spacial score (nSPS) is 16.2. The van der Waals surface area contributed by atoms with Gasteiger partial charge in [0.2, 0.25) is 0 Å². The van der Waals surface area contributed by atoms with Crippen molar-refractivity contribution in [2.24, 2.45) is 0 Å². The van der Waals surface area contributed by atoms with Crippen molar-refractivity contribution in [2.45, 2.75) is 24.8 Å². The fourth-order valence-corrected chi connectivity index (χ4v) is 1.91. The molecule has 1 heterocycles. The Morgan fingerprint density at radius 3 is 2.67 bits per heavy atom. The Bertz CT molecular complexity index is 605. The van der Waals surface area contributed by atoms with Gasteiger partial charge in [-0.3, -0.25) is 0 Å². The summed E-state index contributed by atoms with van der Waals surface area (Å²) in [5.74, 6) is -0.246. The van der Waals surface area contributed by atoms with Crippen LogP contribution in [-0.4, -0.2) is 15.0 Å². The summed E-state index contributed by atoms with van der Waals surface area (Å²) in [5.41, 5.74) is 1.31. The van der Waals surface area contributed by atoms with E-state index in [2.05, 4.69) is 16.4 Å². The summed E-state index contributed by atoms with van der Waals surface area (Å²) >= 11 is 0. The van der Waals surface area contributed by atoms with Crippen LogP contribution in [0.3, 0.4) is 0 Å². The summed E-state index contributed by atoms with van der Waals surface area (Å²) in [6, 6.07) is 8.58. The first-order valence-corrected chi connectivity index (χ1v) is 5.79. The van der Waals surface area contributed by atoms with Crippen LogP contribution < -0.4 is 0 Å². The first kappa shape index (κ1) is 10.9. The molecule has 3 rings (SSSR count). The molecule has 4 nitrogen and oxygen atoms in total. The molecule has 1 aromatic carbocycles. The zero-order chi connectivity index (χ0) is 12.6. The lowest BCUT2D eigenvalue weighted by Crippen LogP contribution is -2.14. The second-order valence-electron chi connectivity index (χ2n) is 4.60. The Hall–Kier alpha value is -2.22. The van der Waals surface area contributed by atoms with E-state index < -0.39 is 5.54 Å². The van der Waals surface area contributed by atoms with E-state index in [9.17, 15) is 4.39 Å². The minimum absolute atomic E-state index is 0.246. The van der Waals surface area contributed by atoms with Gasteiger partial charge in [0.05, 0.1) is 18.0 Å². The number of rotatable bonds is 3. The lowest BCUT2D eigenvalue weighted by Gasteiger charge is -2.02. The molecule has 18 heavy (non-hydrogen) atoms. The lowest BCUT2D eigenvalue weighted by atomic mass is 10.1. The molecule has 0 saturated heterocycles. The third-order valence-electron chi connectivity index (χ3n) is 3.21. The Labute approximate surface area is 104 Å². The van der Waals surface area contributed by atoms with Crippen molar-refractivity contribution in [2.75, 3.05) is 0 Å². The van der Waals surface area contributed by atoms with E-state index in [1.807, 2.05) is 0 Å². The van der Waals surface area contributed by atoms with Gasteiger partial charge >= 0.3 is 0 Å². The number of hydrogen-bond donors (Lipinski definition) is 0. The van der Waals surface area contributed by atoms with Crippen molar-refractivity contribution in [1.82, 2.24) is 15.0 Å². The standard InChI is InChI=1S/C13H11FN4/c14-11-3-1-10(2-4-11)7-12-8-18(17-16-12)13(9-15)5-6-13/h1-4,8H,5-7H2. The molecule has 0 spiro atoms. The first-order chi connectivity index (χ1) is 8.72. The van der Waals surface area contributed by atoms with Crippen LogP contribution in [0.15, 0.2) is 30.5 Å². The van der Waals surface area contributed by atoms with E-state index in [0.29, 0.717) is 6.42 Å². The van der Waals surface area contributed by atoms with E-state index in [-0.39, 0.29) is 5.82 Å². The van der Waals surface area contributed by atoms with E-state index in [1.54, 1.807) is 23.0 Å². The second-order valence-corrected chi connectivity index (χ2v) is 4.60. The number of halogens is 1. The number of nitrogens with zero attached hydrogens (tertiary/aromatic N) is 4. The molecule has 0 unspecified atom stereocenters. The van der Waals surface area contributed by atoms with Crippen molar-refractivity contribution >= 4 is 0 Å². The van der Waals surface area contributed by atoms with Gasteiger partial charge in [-0.15, -0.1) is 5.10 Å². The fraction of sp³-hybridized carbons (Fsp3) is 0.308. The monoisotopic (exact) mass is 242 g/mol. The highest BCUT2D eigenvalue weighted by molar-refractivity contribution is 5.22. The molecule has 0 N–H and O–H groups in total. The SMILES string of the molecule is N#CC1(n2cc(Cc3ccc(F)cc3)nn2)CC1. The Balaban J connectivity index is 1.78. The fourth-order valence-electron chi connectivity index (χ4n) is 1.91. The summed E-state index contributed by atoms with van der Waals surface area (Å²) in [6.07, 6.45) is 4.08. The summed E-state index contributed by atoms with van der Waals surface area (Å²) in [4.78, 5) is 0. The van der Waals surface area contributed by atoms with Crippen LogP contribution in [0.1, 0.15) is 24.1 Å². The van der Waals surface area contributed by atoms with Gasteiger partial charge in [-0.2, -0.15) is 5.26 Å². The minimum atomic E-state index is -0.464.